The number of anilines is 1. The van der Waals surface area contributed by atoms with Crippen LogP contribution in [0, 0.1) is 5.82 Å². The van der Waals surface area contributed by atoms with Crippen LogP contribution in [0.15, 0.2) is 42.5 Å². The zero-order chi connectivity index (χ0) is 27.6. The van der Waals surface area contributed by atoms with Crippen molar-refractivity contribution in [1.82, 2.24) is 14.1 Å². The van der Waals surface area contributed by atoms with Gasteiger partial charge in [0.15, 0.2) is 0 Å². The third-order valence-electron chi connectivity index (χ3n) is 6.64. The molecule has 1 N–H and O–H groups in total. The highest BCUT2D eigenvalue weighted by Crippen LogP contribution is 2.32. The highest BCUT2D eigenvalue weighted by Gasteiger charge is 2.44. The summed E-state index contributed by atoms with van der Waals surface area (Å²) in [7, 11) is -1.96. The molecule has 38 heavy (non-hydrogen) atoms. The number of piperazine rings is 2. The van der Waals surface area contributed by atoms with E-state index in [9.17, 15) is 22.4 Å². The van der Waals surface area contributed by atoms with Gasteiger partial charge in [0.1, 0.15) is 11.6 Å². The van der Waals surface area contributed by atoms with Gasteiger partial charge in [-0.1, -0.05) is 23.7 Å². The van der Waals surface area contributed by atoms with Gasteiger partial charge in [-0.05, 0) is 35.9 Å². The van der Waals surface area contributed by atoms with Crippen molar-refractivity contribution in [2.75, 3.05) is 44.9 Å². The van der Waals surface area contributed by atoms with Crippen LogP contribution in [-0.2, 0) is 26.2 Å². The van der Waals surface area contributed by atoms with E-state index in [1.165, 1.54) is 42.8 Å². The van der Waals surface area contributed by atoms with Crippen LogP contribution in [0.5, 0.6) is 5.75 Å². The Labute approximate surface area is 226 Å². The van der Waals surface area contributed by atoms with Gasteiger partial charge in [-0.2, -0.15) is 4.31 Å². The van der Waals surface area contributed by atoms with Crippen molar-refractivity contribution >= 4 is 45.2 Å². The normalized spacial score (nSPS) is 20.5. The third kappa shape index (κ3) is 6.52. The molecule has 2 aliphatic rings. The van der Waals surface area contributed by atoms with Crippen LogP contribution < -0.4 is 10.1 Å². The summed E-state index contributed by atoms with van der Waals surface area (Å²) in [5.74, 6) is -0.475. The Morgan fingerprint density at radius 2 is 1.76 bits per heavy atom. The van der Waals surface area contributed by atoms with Gasteiger partial charge < -0.3 is 15.0 Å². The molecule has 0 spiro atoms. The van der Waals surface area contributed by atoms with Crippen molar-refractivity contribution in [3.63, 3.8) is 0 Å². The smallest absolute Gasteiger partial charge is 0.247 e. The number of carbonyl (C=O) groups excluding carboxylic acids is 2. The van der Waals surface area contributed by atoms with Crippen LogP contribution in [0.1, 0.15) is 18.1 Å². The molecule has 2 aliphatic heterocycles. The Morgan fingerprint density at radius 1 is 1.13 bits per heavy atom. The van der Waals surface area contributed by atoms with Crippen molar-refractivity contribution in [2.45, 2.75) is 25.6 Å². The van der Waals surface area contributed by atoms with E-state index >= 15 is 0 Å². The molecule has 2 bridgehead atoms. The summed E-state index contributed by atoms with van der Waals surface area (Å²) in [5.41, 5.74) is 1.90. The molecule has 4 rings (SSSR count). The van der Waals surface area contributed by atoms with Gasteiger partial charge in [-0.25, -0.2) is 12.8 Å². The van der Waals surface area contributed by atoms with E-state index in [2.05, 4.69) is 10.2 Å². The lowest BCUT2D eigenvalue weighted by Gasteiger charge is -2.52. The summed E-state index contributed by atoms with van der Waals surface area (Å²) in [4.78, 5) is 29.0. The first kappa shape index (κ1) is 28.0. The fourth-order valence-corrected chi connectivity index (χ4v) is 6.12. The first-order chi connectivity index (χ1) is 17.9. The SMILES string of the molecule is COc1cc(/C=C/C(=O)N2C3CN(Cc4ccc(F)cc4)CC2CN(S(C)(=O)=O)C3)c(NC(C)=O)cc1Cl. The quantitative estimate of drug-likeness (QED) is 0.519. The molecule has 2 saturated heterocycles. The Balaban J connectivity index is 1.57. The minimum absolute atomic E-state index is 0.181. The fourth-order valence-electron chi connectivity index (χ4n) is 5.00. The third-order valence-corrected chi connectivity index (χ3v) is 8.17. The average molecular weight is 565 g/mol. The highest BCUT2D eigenvalue weighted by molar-refractivity contribution is 7.88. The Hall–Kier alpha value is -2.99. The number of methoxy groups -OCH3 is 1. The second-order valence-electron chi connectivity index (χ2n) is 9.54. The summed E-state index contributed by atoms with van der Waals surface area (Å²) in [6.07, 6.45) is 4.18. The summed E-state index contributed by atoms with van der Waals surface area (Å²) in [6.45, 7) is 3.23. The number of hydrogen-bond acceptors (Lipinski definition) is 6. The van der Waals surface area contributed by atoms with Crippen molar-refractivity contribution in [2.24, 2.45) is 0 Å². The van der Waals surface area contributed by atoms with E-state index < -0.39 is 10.0 Å². The van der Waals surface area contributed by atoms with E-state index in [-0.39, 0.29) is 42.8 Å². The number of nitrogens with zero attached hydrogens (tertiary/aromatic N) is 3. The van der Waals surface area contributed by atoms with Gasteiger partial charge in [-0.15, -0.1) is 0 Å². The summed E-state index contributed by atoms with van der Waals surface area (Å²) in [6, 6.07) is 8.71. The minimum Gasteiger partial charge on any atom is -0.495 e. The Bertz CT molecular complexity index is 1340. The van der Waals surface area contributed by atoms with Crippen LogP contribution in [0.2, 0.25) is 5.02 Å². The summed E-state index contributed by atoms with van der Waals surface area (Å²) >= 11 is 6.21. The molecule has 2 atom stereocenters. The molecular formula is C26H30ClFN4O5S. The van der Waals surface area contributed by atoms with Crippen LogP contribution in [0.4, 0.5) is 10.1 Å². The van der Waals surface area contributed by atoms with Crippen LogP contribution in [-0.4, -0.2) is 86.0 Å². The van der Waals surface area contributed by atoms with Crippen molar-refractivity contribution < 1.29 is 27.1 Å². The number of nitrogens with one attached hydrogen (secondary N) is 1. The average Bonchev–Trinajstić information content (AvgIpc) is 2.83. The van der Waals surface area contributed by atoms with Crippen LogP contribution in [0.25, 0.3) is 6.08 Å². The standard InChI is InChI=1S/C26H30ClFN4O5S/c1-17(33)29-24-11-23(27)25(37-2)10-19(24)6-9-26(34)32-21-13-30(12-18-4-7-20(28)8-5-18)14-22(32)16-31(15-21)38(3,35)36/h4-11,21-22H,12-16H2,1-3H3,(H,29,33)/b9-6+. The zero-order valence-electron chi connectivity index (χ0n) is 21.4. The van der Waals surface area contributed by atoms with Gasteiger partial charge >= 0.3 is 0 Å². The Morgan fingerprint density at radius 3 is 2.32 bits per heavy atom. The van der Waals surface area contributed by atoms with Gasteiger partial charge in [0, 0.05) is 57.0 Å². The van der Waals surface area contributed by atoms with Gasteiger partial charge in [-0.3, -0.25) is 14.5 Å². The summed E-state index contributed by atoms with van der Waals surface area (Å²) < 4.78 is 44.7. The molecular weight excluding hydrogens is 535 g/mol. The lowest BCUT2D eigenvalue weighted by molar-refractivity contribution is -0.138. The molecule has 2 aromatic rings. The number of halogens is 2. The first-order valence-electron chi connectivity index (χ1n) is 12.0. The number of sulfonamides is 1. The van der Waals surface area contributed by atoms with E-state index in [4.69, 9.17) is 16.3 Å². The number of amides is 2. The molecule has 0 aromatic heterocycles. The lowest BCUT2D eigenvalue weighted by atomic mass is 10.00. The molecule has 204 valence electrons. The van der Waals surface area contributed by atoms with E-state index in [0.29, 0.717) is 41.7 Å². The molecule has 2 amide bonds. The number of hydrogen-bond donors (Lipinski definition) is 1. The van der Waals surface area contributed by atoms with Crippen LogP contribution >= 0.6 is 11.6 Å². The maximum atomic E-state index is 13.5. The topological polar surface area (TPSA) is 99.3 Å². The monoisotopic (exact) mass is 564 g/mol. The molecule has 9 nitrogen and oxygen atoms in total. The van der Waals surface area contributed by atoms with Gasteiger partial charge in [0.05, 0.1) is 30.5 Å². The molecule has 2 aromatic carbocycles. The minimum atomic E-state index is -3.43. The van der Waals surface area contributed by atoms with E-state index in [0.717, 1.165) is 5.56 Å². The van der Waals surface area contributed by atoms with Crippen LogP contribution in [0.3, 0.4) is 0 Å². The maximum absolute atomic E-state index is 13.5. The van der Waals surface area contributed by atoms with Crippen molar-refractivity contribution in [3.8, 4) is 5.75 Å². The number of ether oxygens (including phenoxy) is 1. The number of fused-ring (bicyclic) bond motifs is 2. The highest BCUT2D eigenvalue weighted by atomic mass is 35.5. The maximum Gasteiger partial charge on any atom is 0.247 e. The first-order valence-corrected chi connectivity index (χ1v) is 14.2. The number of carbonyl (C=O) groups is 2. The van der Waals surface area contributed by atoms with Crippen molar-refractivity contribution in [3.05, 3.63) is 64.4 Å². The van der Waals surface area contributed by atoms with Gasteiger partial charge in [0.25, 0.3) is 0 Å². The molecule has 12 heteroatoms. The molecule has 2 unspecified atom stereocenters. The molecule has 0 aliphatic carbocycles. The number of benzene rings is 2. The zero-order valence-corrected chi connectivity index (χ0v) is 22.9. The summed E-state index contributed by atoms with van der Waals surface area (Å²) in [5, 5.41) is 3.02. The largest absolute Gasteiger partial charge is 0.495 e. The van der Waals surface area contributed by atoms with E-state index in [1.807, 2.05) is 0 Å². The lowest BCUT2D eigenvalue weighted by Crippen LogP contribution is -2.69. The van der Waals surface area contributed by atoms with Gasteiger partial charge in [0.2, 0.25) is 21.8 Å². The molecule has 2 heterocycles. The number of rotatable bonds is 7. The van der Waals surface area contributed by atoms with Crippen molar-refractivity contribution in [1.29, 1.82) is 0 Å². The van der Waals surface area contributed by atoms with E-state index in [1.54, 1.807) is 35.2 Å². The predicted octanol–water partition coefficient (Wildman–Crippen LogP) is 2.82. The molecule has 0 radical (unpaired) electrons. The molecule has 0 saturated carbocycles. The second kappa shape index (κ2) is 11.4. The second-order valence-corrected chi connectivity index (χ2v) is 11.9. The fraction of sp³-hybridized carbons (Fsp3) is 0.385. The Kier molecular flexibility index (Phi) is 8.41. The predicted molar refractivity (Wildman–Crippen MR) is 144 cm³/mol. The molecule has 2 fully saturated rings.